The van der Waals surface area contributed by atoms with Crippen LogP contribution in [-0.4, -0.2) is 72.0 Å². The number of amides is 3. The van der Waals surface area contributed by atoms with Crippen molar-refractivity contribution >= 4 is 29.7 Å². The topological polar surface area (TPSA) is 239 Å². The highest BCUT2D eigenvalue weighted by atomic mass is 16.4. The predicted molar refractivity (Wildman–Crippen MR) is 115 cm³/mol. The van der Waals surface area contributed by atoms with E-state index in [0.717, 1.165) is 0 Å². The number of carboxylic acids is 1. The zero-order valence-electron chi connectivity index (χ0n) is 18.2. The lowest BCUT2D eigenvalue weighted by molar-refractivity contribution is -0.142. The molecule has 0 aliphatic carbocycles. The second kappa shape index (κ2) is 14.1. The van der Waals surface area contributed by atoms with Crippen molar-refractivity contribution in [3.8, 4) is 0 Å². The maximum Gasteiger partial charge on any atom is 0.326 e. The van der Waals surface area contributed by atoms with Crippen molar-refractivity contribution in [1.82, 2.24) is 21.3 Å². The van der Waals surface area contributed by atoms with Crippen LogP contribution < -0.4 is 38.5 Å². The number of hydrogen-bond donors (Lipinski definition) is 9. The van der Waals surface area contributed by atoms with Gasteiger partial charge in [0.1, 0.15) is 18.1 Å². The van der Waals surface area contributed by atoms with E-state index in [-0.39, 0.29) is 31.4 Å². The fourth-order valence-electron chi connectivity index (χ4n) is 2.59. The minimum atomic E-state index is -1.24. The molecule has 12 N–H and O–H groups in total. The van der Waals surface area contributed by atoms with Crippen molar-refractivity contribution in [3.63, 3.8) is 0 Å². The number of rotatable bonds is 14. The molecule has 0 radical (unpaired) electrons. The molecular formula is C18H36N8O5. The lowest BCUT2D eigenvalue weighted by Gasteiger charge is -2.23. The highest BCUT2D eigenvalue weighted by Crippen LogP contribution is 2.03. The molecule has 0 aromatic heterocycles. The number of carbonyl (C=O) groups is 4. The van der Waals surface area contributed by atoms with E-state index >= 15 is 0 Å². The van der Waals surface area contributed by atoms with Crippen LogP contribution in [0.4, 0.5) is 0 Å². The molecular weight excluding hydrogens is 408 g/mol. The Hall–Kier alpha value is -2.93. The van der Waals surface area contributed by atoms with Gasteiger partial charge in [0.15, 0.2) is 5.96 Å². The molecule has 0 unspecified atom stereocenters. The Morgan fingerprint density at radius 1 is 0.968 bits per heavy atom. The van der Waals surface area contributed by atoms with Gasteiger partial charge in [-0.15, -0.1) is 0 Å². The quantitative estimate of drug-likeness (QED) is 0.0759. The lowest BCUT2D eigenvalue weighted by atomic mass is 10.0. The third-order valence-corrected chi connectivity index (χ3v) is 4.28. The molecule has 0 aliphatic heterocycles. The van der Waals surface area contributed by atoms with Gasteiger partial charge in [0, 0.05) is 13.1 Å². The second-order valence-electron chi connectivity index (χ2n) is 7.65. The summed E-state index contributed by atoms with van der Waals surface area (Å²) in [5, 5.41) is 26.1. The first kappa shape index (κ1) is 28.1. The minimum absolute atomic E-state index is 0.0945. The van der Waals surface area contributed by atoms with Gasteiger partial charge in [0.25, 0.3) is 0 Å². The van der Waals surface area contributed by atoms with Gasteiger partial charge in [-0.2, -0.15) is 0 Å². The smallest absolute Gasteiger partial charge is 0.326 e. The number of carbonyl (C=O) groups excluding carboxylic acids is 3. The van der Waals surface area contributed by atoms with E-state index in [1.807, 2.05) is 13.8 Å². The summed E-state index contributed by atoms with van der Waals surface area (Å²) in [6, 6.07) is -4.13. The van der Waals surface area contributed by atoms with Crippen LogP contribution in [0.2, 0.25) is 0 Å². The summed E-state index contributed by atoms with van der Waals surface area (Å²) >= 11 is 0. The molecule has 13 heteroatoms. The Labute approximate surface area is 181 Å². The largest absolute Gasteiger partial charge is 0.480 e. The fourth-order valence-corrected chi connectivity index (χ4v) is 2.59. The van der Waals surface area contributed by atoms with Gasteiger partial charge in [0.05, 0.1) is 6.04 Å². The Kier molecular flexibility index (Phi) is 12.8. The van der Waals surface area contributed by atoms with E-state index in [1.165, 1.54) is 6.92 Å². The highest BCUT2D eigenvalue weighted by molar-refractivity contribution is 5.94. The molecule has 0 saturated heterocycles. The first-order chi connectivity index (χ1) is 14.4. The highest BCUT2D eigenvalue weighted by Gasteiger charge is 2.27. The molecule has 0 spiro atoms. The van der Waals surface area contributed by atoms with Gasteiger partial charge in [-0.3, -0.25) is 19.8 Å². The number of nitrogens with one attached hydrogen (secondary N) is 5. The van der Waals surface area contributed by atoms with E-state index in [2.05, 4.69) is 21.3 Å². The number of aliphatic carboxylic acids is 1. The first-order valence-corrected chi connectivity index (χ1v) is 10.1. The molecule has 3 amide bonds. The molecule has 0 aliphatic rings. The number of nitrogens with two attached hydrogens (primary N) is 3. The monoisotopic (exact) mass is 444 g/mol. The summed E-state index contributed by atoms with van der Waals surface area (Å²) < 4.78 is 0. The van der Waals surface area contributed by atoms with E-state index in [1.54, 1.807) is 0 Å². The summed E-state index contributed by atoms with van der Waals surface area (Å²) in [6.45, 7) is 5.26. The maximum absolute atomic E-state index is 12.4. The van der Waals surface area contributed by atoms with Gasteiger partial charge >= 0.3 is 5.97 Å². The zero-order chi connectivity index (χ0) is 24.1. The van der Waals surface area contributed by atoms with Crippen LogP contribution >= 0.6 is 0 Å². The van der Waals surface area contributed by atoms with Crippen molar-refractivity contribution in [3.05, 3.63) is 0 Å². The third-order valence-electron chi connectivity index (χ3n) is 4.28. The summed E-state index contributed by atoms with van der Waals surface area (Å²) in [5.74, 6) is -3.21. The van der Waals surface area contributed by atoms with Crippen LogP contribution in [0.3, 0.4) is 0 Å². The molecule has 31 heavy (non-hydrogen) atoms. The molecule has 0 bridgehead atoms. The van der Waals surface area contributed by atoms with E-state index in [4.69, 9.17) is 22.6 Å². The molecule has 0 rings (SSSR count). The summed E-state index contributed by atoms with van der Waals surface area (Å²) in [5.41, 5.74) is 16.5. The molecule has 0 saturated carbocycles. The van der Waals surface area contributed by atoms with Crippen LogP contribution in [0.15, 0.2) is 0 Å². The van der Waals surface area contributed by atoms with Crippen LogP contribution in [0.5, 0.6) is 0 Å². The molecule has 0 heterocycles. The normalized spacial score (nSPS) is 14.6. The van der Waals surface area contributed by atoms with Gasteiger partial charge in [-0.25, -0.2) is 4.79 Å². The maximum atomic E-state index is 12.4. The van der Waals surface area contributed by atoms with Crippen molar-refractivity contribution in [2.45, 2.75) is 64.2 Å². The standard InChI is InChI=1S/C18H36N8O5/c1-9(2)7-11(20)15(28)26-13(8-19)16(29)24-10(3)14(27)25-12(17(30)31)5-4-6-23-18(21)22/h9-13H,4-8,19-20H2,1-3H3,(H,24,29)(H,25,27)(H,26,28)(H,30,31)(H4,21,22,23)/t10-,11-,12-,13-/m0/s1. The first-order valence-electron chi connectivity index (χ1n) is 10.1. The number of hydrogen-bond acceptors (Lipinski definition) is 7. The molecule has 0 aromatic carbocycles. The Bertz CT molecular complexity index is 642. The van der Waals surface area contributed by atoms with E-state index in [9.17, 15) is 24.3 Å². The molecule has 13 nitrogen and oxygen atoms in total. The van der Waals surface area contributed by atoms with Crippen molar-refractivity contribution < 1.29 is 24.3 Å². The van der Waals surface area contributed by atoms with Crippen LogP contribution in [0, 0.1) is 11.3 Å². The third kappa shape index (κ3) is 11.7. The van der Waals surface area contributed by atoms with Gasteiger partial charge in [-0.05, 0) is 32.1 Å². The summed E-state index contributed by atoms with van der Waals surface area (Å²) in [7, 11) is 0. The Morgan fingerprint density at radius 3 is 2.03 bits per heavy atom. The zero-order valence-corrected chi connectivity index (χ0v) is 18.2. The van der Waals surface area contributed by atoms with Crippen molar-refractivity contribution in [2.75, 3.05) is 13.1 Å². The van der Waals surface area contributed by atoms with Gasteiger partial charge < -0.3 is 43.6 Å². The predicted octanol–water partition coefficient (Wildman–Crippen LogP) is -2.86. The van der Waals surface area contributed by atoms with Crippen molar-refractivity contribution in [1.29, 1.82) is 5.41 Å². The number of guanidine groups is 1. The van der Waals surface area contributed by atoms with Gasteiger partial charge in [0.2, 0.25) is 17.7 Å². The lowest BCUT2D eigenvalue weighted by Crippen LogP contribution is -2.58. The molecule has 0 fully saturated rings. The average Bonchev–Trinajstić information content (AvgIpc) is 2.66. The van der Waals surface area contributed by atoms with Crippen molar-refractivity contribution in [2.24, 2.45) is 23.1 Å². The summed E-state index contributed by atoms with van der Waals surface area (Å²) in [6.07, 6.45) is 0.870. The second-order valence-corrected chi connectivity index (χ2v) is 7.65. The average molecular weight is 445 g/mol. The van der Waals surface area contributed by atoms with Crippen LogP contribution in [0.1, 0.15) is 40.0 Å². The fraction of sp³-hybridized carbons (Fsp3) is 0.722. The van der Waals surface area contributed by atoms with Crippen LogP contribution in [0.25, 0.3) is 0 Å². The summed E-state index contributed by atoms with van der Waals surface area (Å²) in [4.78, 5) is 48.2. The Morgan fingerprint density at radius 2 is 1.55 bits per heavy atom. The van der Waals surface area contributed by atoms with Crippen LogP contribution in [-0.2, 0) is 19.2 Å². The number of carboxylic acid groups (broad SMARTS) is 1. The van der Waals surface area contributed by atoms with E-state index < -0.39 is 47.9 Å². The Balaban J connectivity index is 4.74. The van der Waals surface area contributed by atoms with E-state index in [0.29, 0.717) is 12.8 Å². The van der Waals surface area contributed by atoms with Gasteiger partial charge in [-0.1, -0.05) is 13.8 Å². The SMILES string of the molecule is CC(C)C[C@H](N)C(=O)N[C@@H](CN)C(=O)N[C@@H](C)C(=O)N[C@@H](CCCNC(=N)N)C(=O)O. The molecule has 178 valence electrons. The minimum Gasteiger partial charge on any atom is -0.480 e. The molecule has 4 atom stereocenters. The molecule has 0 aromatic rings.